The summed E-state index contributed by atoms with van der Waals surface area (Å²) in [6, 6.07) is 10.6. The van der Waals surface area contributed by atoms with Crippen molar-refractivity contribution in [1.82, 2.24) is 9.97 Å². The number of anilines is 3. The van der Waals surface area contributed by atoms with Crippen molar-refractivity contribution >= 4 is 17.3 Å². The lowest BCUT2D eigenvalue weighted by molar-refractivity contribution is 0.559. The molecule has 4 nitrogen and oxygen atoms in total. The average Bonchev–Trinajstić information content (AvgIpc) is 2.45. The number of fused-ring (bicyclic) bond motifs is 1. The molecular formula is C16H20N4. The quantitative estimate of drug-likeness (QED) is 0.908. The Bertz CT molecular complexity index is 624. The Kier molecular flexibility index (Phi) is 3.30. The van der Waals surface area contributed by atoms with Crippen molar-refractivity contribution < 1.29 is 0 Å². The lowest BCUT2D eigenvalue weighted by Crippen LogP contribution is -2.31. The lowest BCUT2D eigenvalue weighted by atomic mass is 9.94. The maximum atomic E-state index is 4.61. The van der Waals surface area contributed by atoms with Crippen LogP contribution in [0.25, 0.3) is 0 Å². The molecule has 0 saturated carbocycles. The zero-order chi connectivity index (χ0) is 14.1. The first-order valence-corrected chi connectivity index (χ1v) is 7.06. The van der Waals surface area contributed by atoms with Gasteiger partial charge in [0, 0.05) is 25.3 Å². The Labute approximate surface area is 119 Å². The number of nitrogens with one attached hydrogen (secondary N) is 1. The maximum absolute atomic E-state index is 4.61. The Balaban J connectivity index is 2.08. The summed E-state index contributed by atoms with van der Waals surface area (Å²) in [6.07, 6.45) is 1.13. The predicted octanol–water partition coefficient (Wildman–Crippen LogP) is 3.16. The highest BCUT2D eigenvalue weighted by Gasteiger charge is 2.23. The van der Waals surface area contributed by atoms with Crippen molar-refractivity contribution in [2.75, 3.05) is 23.8 Å². The third-order valence-corrected chi connectivity index (χ3v) is 3.70. The number of benzene rings is 1. The molecule has 20 heavy (non-hydrogen) atoms. The summed E-state index contributed by atoms with van der Waals surface area (Å²) in [7, 11) is 1.89. The average molecular weight is 268 g/mol. The fourth-order valence-electron chi connectivity index (χ4n) is 2.83. The molecule has 104 valence electrons. The summed E-state index contributed by atoms with van der Waals surface area (Å²) >= 11 is 0. The first-order valence-electron chi connectivity index (χ1n) is 7.06. The van der Waals surface area contributed by atoms with E-state index in [9.17, 15) is 0 Å². The summed E-state index contributed by atoms with van der Waals surface area (Å²) in [4.78, 5) is 11.3. The van der Waals surface area contributed by atoms with E-state index in [-0.39, 0.29) is 0 Å². The molecule has 4 heteroatoms. The lowest BCUT2D eigenvalue weighted by Gasteiger charge is -2.34. The molecule has 1 aliphatic heterocycles. The van der Waals surface area contributed by atoms with Crippen LogP contribution in [-0.4, -0.2) is 23.6 Å². The Morgan fingerprint density at radius 2 is 2.05 bits per heavy atom. The molecule has 0 fully saturated rings. The third-order valence-electron chi connectivity index (χ3n) is 3.70. The van der Waals surface area contributed by atoms with E-state index in [0.717, 1.165) is 30.4 Å². The van der Waals surface area contributed by atoms with Crippen LogP contribution in [-0.2, 0) is 6.42 Å². The Morgan fingerprint density at radius 1 is 1.25 bits per heavy atom. The number of para-hydroxylation sites is 1. The summed E-state index contributed by atoms with van der Waals surface area (Å²) in [5, 5.41) is 3.10. The Morgan fingerprint density at radius 3 is 2.85 bits per heavy atom. The van der Waals surface area contributed by atoms with Gasteiger partial charge in [-0.2, -0.15) is 0 Å². The van der Waals surface area contributed by atoms with Gasteiger partial charge in [-0.3, -0.25) is 0 Å². The molecule has 1 aliphatic rings. The Hall–Kier alpha value is -2.10. The van der Waals surface area contributed by atoms with Gasteiger partial charge in [0.05, 0.1) is 0 Å². The summed E-state index contributed by atoms with van der Waals surface area (Å²) in [6.45, 7) is 5.22. The zero-order valence-corrected chi connectivity index (χ0v) is 12.2. The number of nitrogens with zero attached hydrogens (tertiary/aromatic N) is 3. The van der Waals surface area contributed by atoms with Crippen LogP contribution >= 0.6 is 0 Å². The molecule has 0 spiro atoms. The largest absolute Gasteiger partial charge is 0.373 e. The standard InChI is InChI=1S/C16H20N4/c1-11-8-13-6-4-5-7-14(13)20(10-11)16-9-15(17-3)18-12(2)19-16/h4-7,9,11H,8,10H2,1-3H3,(H,17,18,19). The molecule has 1 unspecified atom stereocenters. The summed E-state index contributed by atoms with van der Waals surface area (Å²) in [5.74, 6) is 3.25. The van der Waals surface area contributed by atoms with Crippen LogP contribution in [0.5, 0.6) is 0 Å². The molecule has 1 aromatic carbocycles. The molecule has 3 rings (SSSR count). The highest BCUT2D eigenvalue weighted by Crippen LogP contribution is 2.34. The van der Waals surface area contributed by atoms with E-state index in [1.807, 2.05) is 20.0 Å². The van der Waals surface area contributed by atoms with E-state index < -0.39 is 0 Å². The second kappa shape index (κ2) is 5.12. The topological polar surface area (TPSA) is 41.0 Å². The fraction of sp³-hybridized carbons (Fsp3) is 0.375. The van der Waals surface area contributed by atoms with Crippen LogP contribution < -0.4 is 10.2 Å². The number of aromatic nitrogens is 2. The smallest absolute Gasteiger partial charge is 0.138 e. The molecule has 0 aliphatic carbocycles. The second-order valence-corrected chi connectivity index (χ2v) is 5.46. The molecule has 1 aromatic heterocycles. The highest BCUT2D eigenvalue weighted by molar-refractivity contribution is 5.67. The SMILES string of the molecule is CNc1cc(N2CC(C)Cc3ccccc32)nc(C)n1. The van der Waals surface area contributed by atoms with E-state index in [4.69, 9.17) is 0 Å². The van der Waals surface area contributed by atoms with Crippen molar-refractivity contribution in [3.05, 3.63) is 41.7 Å². The van der Waals surface area contributed by atoms with Gasteiger partial charge in [-0.25, -0.2) is 9.97 Å². The van der Waals surface area contributed by atoms with E-state index in [0.29, 0.717) is 5.92 Å². The molecule has 2 aromatic rings. The van der Waals surface area contributed by atoms with Gasteiger partial charge in [0.15, 0.2) is 0 Å². The van der Waals surface area contributed by atoms with Gasteiger partial charge in [-0.15, -0.1) is 0 Å². The van der Waals surface area contributed by atoms with E-state index >= 15 is 0 Å². The fourth-order valence-corrected chi connectivity index (χ4v) is 2.83. The van der Waals surface area contributed by atoms with Crippen molar-refractivity contribution in [2.24, 2.45) is 5.92 Å². The number of rotatable bonds is 2. The minimum atomic E-state index is 0.623. The summed E-state index contributed by atoms with van der Waals surface area (Å²) in [5.41, 5.74) is 2.67. The normalized spacial score (nSPS) is 17.8. The maximum Gasteiger partial charge on any atom is 0.138 e. The molecule has 2 heterocycles. The zero-order valence-electron chi connectivity index (χ0n) is 12.2. The second-order valence-electron chi connectivity index (χ2n) is 5.46. The molecule has 0 bridgehead atoms. The monoisotopic (exact) mass is 268 g/mol. The van der Waals surface area contributed by atoms with Gasteiger partial charge in [0.25, 0.3) is 0 Å². The molecule has 0 saturated heterocycles. The number of hydrogen-bond acceptors (Lipinski definition) is 4. The van der Waals surface area contributed by atoms with Crippen LogP contribution in [0.1, 0.15) is 18.3 Å². The van der Waals surface area contributed by atoms with Gasteiger partial charge in [0.1, 0.15) is 17.5 Å². The molecule has 0 amide bonds. The minimum absolute atomic E-state index is 0.623. The molecular weight excluding hydrogens is 248 g/mol. The van der Waals surface area contributed by atoms with Crippen molar-refractivity contribution in [2.45, 2.75) is 20.3 Å². The first-order chi connectivity index (χ1) is 9.67. The molecule has 1 atom stereocenters. The van der Waals surface area contributed by atoms with Crippen LogP contribution in [0.2, 0.25) is 0 Å². The minimum Gasteiger partial charge on any atom is -0.373 e. The van der Waals surface area contributed by atoms with E-state index in [1.165, 1.54) is 11.3 Å². The van der Waals surface area contributed by atoms with E-state index in [1.54, 1.807) is 0 Å². The van der Waals surface area contributed by atoms with Crippen LogP contribution in [0.4, 0.5) is 17.3 Å². The van der Waals surface area contributed by atoms with Crippen LogP contribution in [0.3, 0.4) is 0 Å². The van der Waals surface area contributed by atoms with Gasteiger partial charge >= 0.3 is 0 Å². The van der Waals surface area contributed by atoms with Crippen molar-refractivity contribution in [1.29, 1.82) is 0 Å². The third kappa shape index (κ3) is 2.33. The number of aryl methyl sites for hydroxylation is 1. The van der Waals surface area contributed by atoms with Crippen LogP contribution in [0, 0.1) is 12.8 Å². The van der Waals surface area contributed by atoms with E-state index in [2.05, 4.69) is 51.4 Å². The van der Waals surface area contributed by atoms with Gasteiger partial charge in [-0.1, -0.05) is 25.1 Å². The van der Waals surface area contributed by atoms with Gasteiger partial charge < -0.3 is 10.2 Å². The first kappa shape index (κ1) is 12.9. The van der Waals surface area contributed by atoms with Gasteiger partial charge in [-0.05, 0) is 30.9 Å². The van der Waals surface area contributed by atoms with Crippen molar-refractivity contribution in [3.8, 4) is 0 Å². The molecule has 0 radical (unpaired) electrons. The number of hydrogen-bond donors (Lipinski definition) is 1. The molecule has 1 N–H and O–H groups in total. The highest BCUT2D eigenvalue weighted by atomic mass is 15.2. The van der Waals surface area contributed by atoms with Crippen LogP contribution in [0.15, 0.2) is 30.3 Å². The summed E-state index contributed by atoms with van der Waals surface area (Å²) < 4.78 is 0. The van der Waals surface area contributed by atoms with Gasteiger partial charge in [0.2, 0.25) is 0 Å². The predicted molar refractivity (Wildman–Crippen MR) is 82.6 cm³/mol. The van der Waals surface area contributed by atoms with Crippen molar-refractivity contribution in [3.63, 3.8) is 0 Å².